The van der Waals surface area contributed by atoms with Crippen LogP contribution >= 0.6 is 15.4 Å². The topological polar surface area (TPSA) is 119 Å². The zero-order valence-electron chi connectivity index (χ0n) is 8.15. The van der Waals surface area contributed by atoms with Crippen LogP contribution in [0.15, 0.2) is 0 Å². The van der Waals surface area contributed by atoms with Gasteiger partial charge in [0.05, 0.1) is 13.2 Å². The minimum Gasteiger partial charge on any atom is -0.361 e. The third kappa shape index (κ3) is 5.41. The molecule has 0 saturated carbocycles. The summed E-state index contributed by atoms with van der Waals surface area (Å²) in [4.78, 5) is 28.6. The maximum absolute atomic E-state index is 11.0. The van der Waals surface area contributed by atoms with Gasteiger partial charge in [0.15, 0.2) is 0 Å². The Morgan fingerprint density at radius 1 is 1.13 bits per heavy atom. The van der Waals surface area contributed by atoms with Crippen molar-refractivity contribution in [1.29, 1.82) is 0 Å². The van der Waals surface area contributed by atoms with E-state index in [1.165, 1.54) is 13.8 Å². The van der Waals surface area contributed by atoms with Crippen LogP contribution in [0.3, 0.4) is 0 Å². The lowest BCUT2D eigenvalue weighted by molar-refractivity contribution is 0.162. The van der Waals surface area contributed by atoms with E-state index in [-0.39, 0.29) is 13.2 Å². The van der Waals surface area contributed by atoms with Gasteiger partial charge in [-0.15, -0.1) is 0 Å². The molecular formula is C5H12O8P2. The summed E-state index contributed by atoms with van der Waals surface area (Å²) in [5.74, 6) is 0. The van der Waals surface area contributed by atoms with Crippen LogP contribution in [0, 0.1) is 0 Å². The van der Waals surface area contributed by atoms with E-state index in [4.69, 9.17) is 9.79 Å². The highest BCUT2D eigenvalue weighted by Crippen LogP contribution is 2.52. The van der Waals surface area contributed by atoms with Crippen LogP contribution in [-0.4, -0.2) is 28.7 Å². The van der Waals surface area contributed by atoms with Crippen LogP contribution in [0.2, 0.25) is 0 Å². The lowest BCUT2D eigenvalue weighted by Gasteiger charge is -2.13. The van der Waals surface area contributed by atoms with Crippen molar-refractivity contribution in [3.63, 3.8) is 0 Å². The Morgan fingerprint density at radius 3 is 2.00 bits per heavy atom. The summed E-state index contributed by atoms with van der Waals surface area (Å²) in [5, 5.41) is 0. The minimum atomic E-state index is -4.68. The van der Waals surface area contributed by atoms with Gasteiger partial charge in [0, 0.05) is 0 Å². The molecule has 0 rings (SSSR count). The van der Waals surface area contributed by atoms with Gasteiger partial charge in [0.1, 0.15) is 0 Å². The van der Waals surface area contributed by atoms with E-state index in [1.807, 2.05) is 0 Å². The number of phosphoric ester groups is 1. The van der Waals surface area contributed by atoms with Crippen molar-refractivity contribution in [2.75, 3.05) is 13.2 Å². The van der Waals surface area contributed by atoms with Crippen molar-refractivity contribution in [3.8, 4) is 0 Å². The molecule has 0 aromatic heterocycles. The lowest BCUT2D eigenvalue weighted by atomic mass is 10.9. The van der Waals surface area contributed by atoms with Gasteiger partial charge in [-0.25, -0.2) is 13.9 Å². The first-order valence-corrected chi connectivity index (χ1v) is 7.01. The van der Waals surface area contributed by atoms with Crippen molar-refractivity contribution < 1.29 is 37.3 Å². The fraction of sp³-hybridized carbons (Fsp3) is 0.800. The Kier molecular flexibility index (Phi) is 5.66. The van der Waals surface area contributed by atoms with Crippen LogP contribution < -0.4 is 0 Å². The van der Waals surface area contributed by atoms with Gasteiger partial charge in [0.2, 0.25) is 0 Å². The van der Waals surface area contributed by atoms with E-state index in [0.717, 1.165) is 0 Å². The molecule has 8 nitrogen and oxygen atoms in total. The molecule has 0 radical (unpaired) electrons. The molecule has 0 aliphatic carbocycles. The molecule has 0 bridgehead atoms. The highest BCUT2D eigenvalue weighted by molar-refractivity contribution is 7.71. The molecule has 0 aromatic rings. The number of phosphoric acid groups is 1. The second-order valence-corrected chi connectivity index (χ2v) is 5.22. The Balaban J connectivity index is 4.49. The van der Waals surface area contributed by atoms with Gasteiger partial charge >= 0.3 is 21.1 Å². The second kappa shape index (κ2) is 5.75. The van der Waals surface area contributed by atoms with Crippen molar-refractivity contribution in [3.05, 3.63) is 0 Å². The van der Waals surface area contributed by atoms with Crippen LogP contribution in [0.1, 0.15) is 13.8 Å². The van der Waals surface area contributed by atoms with Crippen molar-refractivity contribution in [2.24, 2.45) is 0 Å². The van der Waals surface area contributed by atoms with Gasteiger partial charge in [0.25, 0.3) is 0 Å². The molecule has 0 aliphatic rings. The third-order valence-corrected chi connectivity index (χ3v) is 3.31. The predicted molar refractivity (Wildman–Crippen MR) is 49.4 cm³/mol. The average Bonchev–Trinajstić information content (AvgIpc) is 2.02. The van der Waals surface area contributed by atoms with Gasteiger partial charge in [-0.3, -0.25) is 9.42 Å². The first-order chi connectivity index (χ1) is 6.75. The summed E-state index contributed by atoms with van der Waals surface area (Å²) in [6, 6.07) is 0. The monoisotopic (exact) mass is 262 g/mol. The van der Waals surface area contributed by atoms with E-state index in [9.17, 15) is 13.9 Å². The van der Waals surface area contributed by atoms with Crippen LogP contribution in [0.5, 0.6) is 0 Å². The summed E-state index contributed by atoms with van der Waals surface area (Å²) in [6.07, 6.45) is 0. The standard InChI is InChI=1S/C5H12O8P2/c1-3-11-14(7,8)5(6)13-15(9,10)12-4-2/h3-4H2,1-2H3,(H,7,8)(H,9,10). The molecule has 2 atom stereocenters. The van der Waals surface area contributed by atoms with Gasteiger partial charge in [-0.05, 0) is 13.8 Å². The first kappa shape index (κ1) is 14.8. The first-order valence-electron chi connectivity index (χ1n) is 3.94. The number of hydrogen-bond acceptors (Lipinski definition) is 6. The Bertz CT molecular complexity index is 312. The van der Waals surface area contributed by atoms with E-state index in [0.29, 0.717) is 0 Å². The molecule has 0 aromatic carbocycles. The maximum atomic E-state index is 11.0. The molecule has 10 heteroatoms. The number of hydrogen-bond donors (Lipinski definition) is 2. The number of rotatable bonds is 6. The molecule has 0 heterocycles. The van der Waals surface area contributed by atoms with E-state index >= 15 is 0 Å². The van der Waals surface area contributed by atoms with Gasteiger partial charge < -0.3 is 13.9 Å². The predicted octanol–water partition coefficient (Wildman–Crippen LogP) is 1.48. The Hall–Kier alpha value is -0.230. The highest BCUT2D eigenvalue weighted by atomic mass is 31.2. The summed E-state index contributed by atoms with van der Waals surface area (Å²) in [6.45, 7) is 2.35. The van der Waals surface area contributed by atoms with E-state index in [2.05, 4.69) is 13.6 Å². The summed E-state index contributed by atoms with van der Waals surface area (Å²) < 4.78 is 34.0. The summed E-state index contributed by atoms with van der Waals surface area (Å²) >= 11 is 0. The molecule has 0 saturated heterocycles. The quantitative estimate of drug-likeness (QED) is 0.690. The second-order valence-electron chi connectivity index (χ2n) is 2.18. The lowest BCUT2D eigenvalue weighted by Crippen LogP contribution is -2.06. The molecule has 0 fully saturated rings. The molecule has 2 N–H and O–H groups in total. The molecule has 15 heavy (non-hydrogen) atoms. The molecule has 0 spiro atoms. The molecule has 0 amide bonds. The van der Waals surface area contributed by atoms with Crippen molar-refractivity contribution in [1.82, 2.24) is 0 Å². The zero-order chi connectivity index (χ0) is 12.1. The van der Waals surface area contributed by atoms with Crippen LogP contribution in [0.25, 0.3) is 0 Å². The summed E-state index contributed by atoms with van der Waals surface area (Å²) in [5.41, 5.74) is -1.82. The normalized spacial score (nSPS) is 18.9. The van der Waals surface area contributed by atoms with Gasteiger partial charge in [-0.1, -0.05) is 0 Å². The molecule has 90 valence electrons. The molecular weight excluding hydrogens is 250 g/mol. The number of carbonyl (C=O) groups is 1. The average molecular weight is 262 g/mol. The van der Waals surface area contributed by atoms with Crippen LogP contribution in [-0.2, 0) is 22.7 Å². The SMILES string of the molecule is CCOP(=O)(O)OC(=O)P(=O)(O)OCC. The largest absolute Gasteiger partial charge is 0.530 e. The van der Waals surface area contributed by atoms with Crippen molar-refractivity contribution in [2.45, 2.75) is 13.8 Å². The third-order valence-electron chi connectivity index (χ3n) is 1.02. The van der Waals surface area contributed by atoms with E-state index < -0.39 is 21.1 Å². The molecule has 2 unspecified atom stereocenters. The smallest absolute Gasteiger partial charge is 0.361 e. The Morgan fingerprint density at radius 2 is 1.60 bits per heavy atom. The summed E-state index contributed by atoms with van der Waals surface area (Å²) in [7, 11) is -9.31. The fourth-order valence-corrected chi connectivity index (χ4v) is 2.32. The Labute approximate surface area is 86.3 Å². The maximum Gasteiger partial charge on any atom is 0.530 e. The van der Waals surface area contributed by atoms with Crippen LogP contribution in [0.4, 0.5) is 4.79 Å². The highest BCUT2D eigenvalue weighted by Gasteiger charge is 2.38. The zero-order valence-corrected chi connectivity index (χ0v) is 9.94. The van der Waals surface area contributed by atoms with Crippen molar-refractivity contribution >= 4 is 21.1 Å². The number of carbonyl (C=O) groups excluding carboxylic acids is 1. The van der Waals surface area contributed by atoms with E-state index in [1.54, 1.807) is 0 Å². The van der Waals surface area contributed by atoms with Gasteiger partial charge in [-0.2, -0.15) is 0 Å². The minimum absolute atomic E-state index is 0.189. The fourth-order valence-electron chi connectivity index (χ4n) is 0.567. The molecule has 0 aliphatic heterocycles.